The second kappa shape index (κ2) is 9.02. The molecule has 4 rings (SSSR count). The predicted octanol–water partition coefficient (Wildman–Crippen LogP) is 3.76. The van der Waals surface area contributed by atoms with Crippen LogP contribution >= 0.6 is 0 Å². The number of hydrogen-bond donors (Lipinski definition) is 4. The van der Waals surface area contributed by atoms with E-state index in [4.69, 9.17) is 9.47 Å². The molecule has 0 bridgehead atoms. The van der Waals surface area contributed by atoms with Gasteiger partial charge in [-0.2, -0.15) is 0 Å². The Balaban J connectivity index is 1.77. The molecule has 0 spiro atoms. The summed E-state index contributed by atoms with van der Waals surface area (Å²) in [5.41, 5.74) is -2.60. The van der Waals surface area contributed by atoms with Crippen molar-refractivity contribution in [3.8, 4) is 0 Å². The number of ether oxygens (including phenoxy) is 2. The monoisotopic (exact) mass is 522 g/mol. The van der Waals surface area contributed by atoms with Crippen LogP contribution in [0, 0.1) is 34.0 Å². The SMILES string of the molecule is CC(C)(O)[C@@H]1CC[C@](C)([C@H]2[C@@H](O)C[C@@]3(C)C4C[C@H](O)[C@@H](C(C)(C)O)[C@](C)(CCOC=O)C4=CC[C@]23C)O1. The van der Waals surface area contributed by atoms with Gasteiger partial charge in [0.25, 0.3) is 6.47 Å². The molecule has 1 unspecified atom stereocenters. The highest BCUT2D eigenvalue weighted by Gasteiger charge is 2.70. The van der Waals surface area contributed by atoms with E-state index in [2.05, 4.69) is 33.8 Å². The first-order valence-electron chi connectivity index (χ1n) is 14.1. The third-order valence-electron chi connectivity index (χ3n) is 11.4. The highest BCUT2D eigenvalue weighted by molar-refractivity contribution is 5.37. The Labute approximate surface area is 222 Å². The minimum atomic E-state index is -1.13. The zero-order valence-corrected chi connectivity index (χ0v) is 24.1. The lowest BCUT2D eigenvalue weighted by Crippen LogP contribution is -2.60. The van der Waals surface area contributed by atoms with Crippen LogP contribution in [0.3, 0.4) is 0 Å². The lowest BCUT2D eigenvalue weighted by molar-refractivity contribution is -0.178. The first-order chi connectivity index (χ1) is 16.8. The molecule has 37 heavy (non-hydrogen) atoms. The molecule has 3 fully saturated rings. The van der Waals surface area contributed by atoms with Crippen LogP contribution in [0.15, 0.2) is 11.6 Å². The molecule has 7 heteroatoms. The van der Waals surface area contributed by atoms with E-state index in [1.807, 2.05) is 0 Å². The van der Waals surface area contributed by atoms with Crippen molar-refractivity contribution in [2.75, 3.05) is 6.61 Å². The fourth-order valence-electron chi connectivity index (χ4n) is 9.81. The van der Waals surface area contributed by atoms with Gasteiger partial charge < -0.3 is 29.9 Å². The van der Waals surface area contributed by atoms with Crippen LogP contribution < -0.4 is 0 Å². The smallest absolute Gasteiger partial charge is 0.293 e. The van der Waals surface area contributed by atoms with Crippen molar-refractivity contribution in [1.29, 1.82) is 0 Å². The zero-order chi connectivity index (χ0) is 27.8. The van der Waals surface area contributed by atoms with E-state index in [0.717, 1.165) is 19.3 Å². The van der Waals surface area contributed by atoms with E-state index in [1.165, 1.54) is 5.57 Å². The molecule has 7 nitrogen and oxygen atoms in total. The maximum atomic E-state index is 11.7. The Kier molecular flexibility index (Phi) is 7.07. The number of allylic oxidation sites excluding steroid dienone is 2. The fraction of sp³-hybridized carbons (Fsp3) is 0.900. The first kappa shape index (κ1) is 29.0. The minimum absolute atomic E-state index is 0.0100. The van der Waals surface area contributed by atoms with Crippen molar-refractivity contribution in [1.82, 2.24) is 0 Å². The second-order valence-corrected chi connectivity index (χ2v) is 14.7. The lowest BCUT2D eigenvalue weighted by atomic mass is 9.43. The summed E-state index contributed by atoms with van der Waals surface area (Å²) >= 11 is 0. The van der Waals surface area contributed by atoms with E-state index in [9.17, 15) is 25.2 Å². The van der Waals surface area contributed by atoms with Gasteiger partial charge in [0, 0.05) is 11.8 Å². The van der Waals surface area contributed by atoms with Crippen LogP contribution in [0.5, 0.6) is 0 Å². The van der Waals surface area contributed by atoms with Crippen LogP contribution in [-0.2, 0) is 14.3 Å². The quantitative estimate of drug-likeness (QED) is 0.229. The number of rotatable bonds is 7. The van der Waals surface area contributed by atoms with Gasteiger partial charge in [0.05, 0.1) is 41.7 Å². The number of carbonyl (C=O) groups is 1. The average molecular weight is 523 g/mol. The van der Waals surface area contributed by atoms with Gasteiger partial charge >= 0.3 is 0 Å². The largest absolute Gasteiger partial charge is 0.468 e. The molecule has 0 aromatic carbocycles. The molecule has 2 saturated carbocycles. The highest BCUT2D eigenvalue weighted by atomic mass is 16.5. The Morgan fingerprint density at radius 1 is 1.05 bits per heavy atom. The number of fused-ring (bicyclic) bond motifs is 3. The second-order valence-electron chi connectivity index (χ2n) is 14.7. The van der Waals surface area contributed by atoms with Gasteiger partial charge in [0.2, 0.25) is 0 Å². The van der Waals surface area contributed by atoms with E-state index in [0.29, 0.717) is 25.7 Å². The maximum Gasteiger partial charge on any atom is 0.293 e. The molecule has 4 N–H and O–H groups in total. The van der Waals surface area contributed by atoms with E-state index in [-0.39, 0.29) is 35.4 Å². The van der Waals surface area contributed by atoms with Crippen molar-refractivity contribution in [3.63, 3.8) is 0 Å². The first-order valence-corrected chi connectivity index (χ1v) is 14.1. The van der Waals surface area contributed by atoms with Gasteiger partial charge in [-0.25, -0.2) is 0 Å². The summed E-state index contributed by atoms with van der Waals surface area (Å²) in [5, 5.41) is 45.1. The molecular formula is C30H50O7. The van der Waals surface area contributed by atoms with Crippen molar-refractivity contribution in [2.24, 2.45) is 34.0 Å². The van der Waals surface area contributed by atoms with E-state index >= 15 is 0 Å². The van der Waals surface area contributed by atoms with Crippen molar-refractivity contribution < 1.29 is 34.7 Å². The van der Waals surface area contributed by atoms with Crippen LogP contribution in [-0.4, -0.2) is 68.6 Å². The summed E-state index contributed by atoms with van der Waals surface area (Å²) in [5.74, 6) is -0.532. The Hall–Kier alpha value is -0.990. The molecule has 212 valence electrons. The molecule has 1 saturated heterocycles. The molecule has 0 radical (unpaired) electrons. The summed E-state index contributed by atoms with van der Waals surface area (Å²) in [4.78, 5) is 10.9. The van der Waals surface area contributed by atoms with E-state index in [1.54, 1.807) is 27.7 Å². The number of aliphatic hydroxyl groups is 4. The number of aliphatic hydroxyl groups excluding tert-OH is 2. The third kappa shape index (κ3) is 4.32. The van der Waals surface area contributed by atoms with Gasteiger partial charge in [-0.3, -0.25) is 4.79 Å². The molecule has 10 atom stereocenters. The Morgan fingerprint density at radius 3 is 2.24 bits per heavy atom. The molecular weight excluding hydrogens is 472 g/mol. The zero-order valence-electron chi connectivity index (χ0n) is 24.1. The summed E-state index contributed by atoms with van der Waals surface area (Å²) in [7, 11) is 0. The topological polar surface area (TPSA) is 116 Å². The van der Waals surface area contributed by atoms with Gasteiger partial charge in [-0.1, -0.05) is 32.4 Å². The molecule has 1 heterocycles. The standard InChI is InChI=1S/C30H50O7/c1-25(2,34)22-10-12-30(8,37-22)24-21(33)16-29(7)19-15-20(32)23(26(3,4)35)27(5,13-14-36-17-31)18(19)9-11-28(24,29)6/h9,17,19-24,32-35H,10-16H2,1-8H3/t19?,20-,21-,22-,23-,24-,27+,28+,29-,30+/m0/s1. The average Bonchev–Trinajstić information content (AvgIpc) is 3.22. The summed E-state index contributed by atoms with van der Waals surface area (Å²) < 4.78 is 11.7. The lowest BCUT2D eigenvalue weighted by Gasteiger charge is -2.62. The third-order valence-corrected chi connectivity index (χ3v) is 11.4. The van der Waals surface area contributed by atoms with Gasteiger partial charge in [0.15, 0.2) is 0 Å². The van der Waals surface area contributed by atoms with Crippen LogP contribution in [0.25, 0.3) is 0 Å². The van der Waals surface area contributed by atoms with Crippen LogP contribution in [0.2, 0.25) is 0 Å². The van der Waals surface area contributed by atoms with Crippen molar-refractivity contribution in [2.45, 2.75) is 129 Å². The Bertz CT molecular complexity index is 918. The number of carbonyl (C=O) groups excluding carboxylic acids is 1. The van der Waals surface area contributed by atoms with Gasteiger partial charge in [0.1, 0.15) is 0 Å². The molecule has 0 amide bonds. The summed E-state index contributed by atoms with van der Waals surface area (Å²) in [6.07, 6.45) is 4.62. The molecule has 4 aliphatic rings. The van der Waals surface area contributed by atoms with Crippen molar-refractivity contribution in [3.05, 3.63) is 11.6 Å². The van der Waals surface area contributed by atoms with Crippen LogP contribution in [0.4, 0.5) is 0 Å². The fourth-order valence-corrected chi connectivity index (χ4v) is 9.81. The molecule has 0 aromatic rings. The normalized spacial score (nSPS) is 48.3. The van der Waals surface area contributed by atoms with E-state index < -0.39 is 40.3 Å². The summed E-state index contributed by atoms with van der Waals surface area (Å²) in [6.45, 7) is 16.5. The number of hydrogen-bond acceptors (Lipinski definition) is 7. The molecule has 1 aliphatic heterocycles. The maximum absolute atomic E-state index is 11.7. The molecule has 3 aliphatic carbocycles. The van der Waals surface area contributed by atoms with Crippen molar-refractivity contribution >= 4 is 6.47 Å². The van der Waals surface area contributed by atoms with Gasteiger partial charge in [-0.15, -0.1) is 0 Å². The molecule has 0 aromatic heterocycles. The summed E-state index contributed by atoms with van der Waals surface area (Å²) in [6, 6.07) is 0. The Morgan fingerprint density at radius 2 is 1.70 bits per heavy atom. The minimum Gasteiger partial charge on any atom is -0.468 e. The highest BCUT2D eigenvalue weighted by Crippen LogP contribution is 2.72. The van der Waals surface area contributed by atoms with Gasteiger partial charge in [-0.05, 0) is 95.3 Å². The predicted molar refractivity (Wildman–Crippen MR) is 140 cm³/mol. The van der Waals surface area contributed by atoms with Crippen LogP contribution in [0.1, 0.15) is 93.9 Å².